The molecule has 0 aromatic carbocycles. The number of rotatable bonds is 0. The number of halogens is 2. The topological polar surface area (TPSA) is 17.1 Å². The molecule has 0 bridgehead atoms. The largest absolute Gasteiger partial charge is 0.289 e. The summed E-state index contributed by atoms with van der Waals surface area (Å²) in [7, 11) is 0. The van der Waals surface area contributed by atoms with E-state index in [0.29, 0.717) is 0 Å². The Kier molecular flexibility index (Phi) is 50.9. The maximum absolute atomic E-state index is 9.61. The highest BCUT2D eigenvalue weighted by atomic mass is 19.1. The SMILES string of the molecule is F.O=CF. The molecule has 0 spiro atoms. The molecule has 0 saturated carbocycles. The highest BCUT2D eigenvalue weighted by Crippen LogP contribution is 1.27. The fourth-order valence-corrected chi connectivity index (χ4v) is 0. The molecule has 0 aromatic heterocycles. The number of hydrogen-bond donors (Lipinski definition) is 0. The molecule has 26 valence electrons. The lowest BCUT2D eigenvalue weighted by molar-refractivity contribution is 0.510. The van der Waals surface area contributed by atoms with Crippen molar-refractivity contribution in [2.45, 2.75) is 0 Å². The van der Waals surface area contributed by atoms with Gasteiger partial charge in [0.25, 0.3) is 6.54 Å². The Bertz CT molecular complexity index is 13.5. The zero-order chi connectivity index (χ0) is 2.71. The van der Waals surface area contributed by atoms with Crippen molar-refractivity contribution in [1.82, 2.24) is 0 Å². The lowest BCUT2D eigenvalue weighted by Crippen LogP contribution is -1.29. The molecule has 0 aromatic rings. The molecule has 0 N–H and O–H groups in total. The van der Waals surface area contributed by atoms with E-state index in [1.807, 2.05) is 0 Å². The Balaban J connectivity index is 0. The van der Waals surface area contributed by atoms with Crippen molar-refractivity contribution < 1.29 is 13.9 Å². The molecule has 0 unspecified atom stereocenters. The van der Waals surface area contributed by atoms with Crippen LogP contribution in [0.15, 0.2) is 0 Å². The van der Waals surface area contributed by atoms with E-state index in [-0.39, 0.29) is 4.70 Å². The highest BCUT2D eigenvalue weighted by Gasteiger charge is 1.29. The second-order valence-electron chi connectivity index (χ2n) is 0.0891. The van der Waals surface area contributed by atoms with Gasteiger partial charge in [-0.1, -0.05) is 0 Å². The van der Waals surface area contributed by atoms with Gasteiger partial charge >= 0.3 is 0 Å². The van der Waals surface area contributed by atoms with E-state index in [1.165, 1.54) is 0 Å². The number of carbonyl (C=O) groups is 1. The lowest BCUT2D eigenvalue weighted by atomic mass is 11.8. The first-order valence-electron chi connectivity index (χ1n) is 0.454. The van der Waals surface area contributed by atoms with Gasteiger partial charge in [-0.3, -0.25) is 9.50 Å². The fourth-order valence-electron chi connectivity index (χ4n) is 0. The summed E-state index contributed by atoms with van der Waals surface area (Å²) in [6, 6.07) is 0. The van der Waals surface area contributed by atoms with Crippen molar-refractivity contribution in [2.24, 2.45) is 0 Å². The molecule has 0 heterocycles. The van der Waals surface area contributed by atoms with Gasteiger partial charge in [-0.25, -0.2) is 0 Å². The van der Waals surface area contributed by atoms with Gasteiger partial charge in [-0.15, -0.1) is 0 Å². The van der Waals surface area contributed by atoms with E-state index in [0.717, 1.165) is 0 Å². The zero-order valence-electron chi connectivity index (χ0n) is 1.77. The summed E-state index contributed by atoms with van der Waals surface area (Å²) in [5.41, 5.74) is 0. The Morgan fingerprint density at radius 1 is 1.75 bits per heavy atom. The van der Waals surface area contributed by atoms with Crippen molar-refractivity contribution in [3.05, 3.63) is 0 Å². The Morgan fingerprint density at radius 3 is 1.75 bits per heavy atom. The third-order valence-corrected chi connectivity index (χ3v) is 0. The summed E-state index contributed by atoms with van der Waals surface area (Å²) in [5, 5.41) is 0. The van der Waals surface area contributed by atoms with E-state index in [4.69, 9.17) is 4.79 Å². The van der Waals surface area contributed by atoms with Gasteiger partial charge in [0.2, 0.25) is 0 Å². The second kappa shape index (κ2) is 21.1. The average molecular weight is 68.0 g/mol. The summed E-state index contributed by atoms with van der Waals surface area (Å²) in [6.07, 6.45) is 0. The molecule has 0 aliphatic rings. The van der Waals surface area contributed by atoms with Gasteiger partial charge < -0.3 is 0 Å². The minimum Gasteiger partial charge on any atom is -0.269 e. The van der Waals surface area contributed by atoms with Crippen LogP contribution in [0.5, 0.6) is 0 Å². The van der Waals surface area contributed by atoms with Crippen molar-refractivity contribution >= 4 is 6.54 Å². The molecule has 4 heavy (non-hydrogen) atoms. The molecule has 1 nitrogen and oxygen atoms in total. The van der Waals surface area contributed by atoms with Crippen LogP contribution in [0.3, 0.4) is 0 Å². The Hall–Kier alpha value is -0.470. The summed E-state index contributed by atoms with van der Waals surface area (Å²) >= 11 is 0. The van der Waals surface area contributed by atoms with E-state index >= 15 is 0 Å². The second-order valence-corrected chi connectivity index (χ2v) is 0.0891. The molecule has 0 radical (unpaired) electrons. The van der Waals surface area contributed by atoms with Crippen LogP contribution in [-0.2, 0) is 4.79 Å². The molecule has 0 atom stereocenters. The van der Waals surface area contributed by atoms with Crippen LogP contribution in [0.2, 0.25) is 0 Å². The van der Waals surface area contributed by atoms with Crippen molar-refractivity contribution in [3.63, 3.8) is 0 Å². The summed E-state index contributed by atoms with van der Waals surface area (Å²) in [6.45, 7) is -0.750. The first kappa shape index (κ1) is 9.65. The summed E-state index contributed by atoms with van der Waals surface area (Å²) in [4.78, 5) is 8.14. The van der Waals surface area contributed by atoms with Crippen molar-refractivity contribution in [1.29, 1.82) is 0 Å². The number of hydrogen-bond acceptors (Lipinski definition) is 1. The van der Waals surface area contributed by atoms with Crippen LogP contribution in [-0.4, -0.2) is 6.54 Å². The van der Waals surface area contributed by atoms with Crippen LogP contribution < -0.4 is 0 Å². The Labute approximate surface area is 21.8 Å². The minimum absolute atomic E-state index is 0. The first-order valence-corrected chi connectivity index (χ1v) is 0.454. The molecule has 0 aliphatic carbocycles. The van der Waals surface area contributed by atoms with Crippen molar-refractivity contribution in [3.8, 4) is 0 Å². The number of carbonyl (C=O) groups excluding carboxylic acids is 1. The highest BCUT2D eigenvalue weighted by molar-refractivity contribution is 5.35. The quantitative estimate of drug-likeness (QED) is 0.294. The maximum Gasteiger partial charge on any atom is 0.289 e. The summed E-state index contributed by atoms with van der Waals surface area (Å²) < 4.78 is 9.61. The van der Waals surface area contributed by atoms with Crippen LogP contribution in [0, 0.1) is 0 Å². The molecule has 0 amide bonds. The predicted octanol–water partition coefficient (Wildman–Crippen LogP) is 0.299. The average Bonchev–Trinajstić information content (AvgIpc) is 0.918. The Morgan fingerprint density at radius 2 is 1.75 bits per heavy atom. The maximum atomic E-state index is 9.61. The van der Waals surface area contributed by atoms with Crippen LogP contribution >= 0.6 is 0 Å². The standard InChI is InChI=1S/CHFO.FH/c2-1-3;/h1H;1H. The third kappa shape index (κ3) is 1.95. The third-order valence-electron chi connectivity index (χ3n) is 0. The normalized spacial score (nSPS) is 3.25. The minimum atomic E-state index is -0.750. The van der Waals surface area contributed by atoms with Crippen molar-refractivity contribution in [2.75, 3.05) is 0 Å². The van der Waals surface area contributed by atoms with Crippen LogP contribution in [0.25, 0.3) is 0 Å². The summed E-state index contributed by atoms with van der Waals surface area (Å²) in [5.74, 6) is 0. The van der Waals surface area contributed by atoms with E-state index in [9.17, 15) is 4.39 Å². The zero-order valence-corrected chi connectivity index (χ0v) is 1.77. The molecule has 0 fully saturated rings. The molecule has 0 saturated heterocycles. The molecule has 3 heteroatoms. The van der Waals surface area contributed by atoms with Gasteiger partial charge in [-0.2, -0.15) is 4.39 Å². The monoisotopic (exact) mass is 68.0 g/mol. The molecular weight excluding hydrogens is 66.0 g/mol. The van der Waals surface area contributed by atoms with Gasteiger partial charge in [0.15, 0.2) is 0 Å². The van der Waals surface area contributed by atoms with E-state index in [2.05, 4.69) is 0 Å². The van der Waals surface area contributed by atoms with Crippen LogP contribution in [0.1, 0.15) is 0 Å². The lowest BCUT2D eigenvalue weighted by Gasteiger charge is -1.21. The molecular formula is CH2F2O. The fraction of sp³-hybridized carbons (Fsp3) is 0. The van der Waals surface area contributed by atoms with Crippen LogP contribution in [0.4, 0.5) is 9.09 Å². The first-order chi connectivity index (χ1) is 1.41. The molecule has 0 rings (SSSR count). The van der Waals surface area contributed by atoms with Gasteiger partial charge in [0.1, 0.15) is 0 Å². The predicted molar refractivity (Wildman–Crippen MR) is 10.4 cm³/mol. The van der Waals surface area contributed by atoms with Gasteiger partial charge in [0.05, 0.1) is 0 Å². The smallest absolute Gasteiger partial charge is 0.269 e. The van der Waals surface area contributed by atoms with Gasteiger partial charge in [-0.05, 0) is 0 Å². The van der Waals surface area contributed by atoms with E-state index < -0.39 is 6.54 Å². The molecule has 0 aliphatic heterocycles. The van der Waals surface area contributed by atoms with E-state index in [1.54, 1.807) is 0 Å². The van der Waals surface area contributed by atoms with Gasteiger partial charge in [0, 0.05) is 0 Å².